The van der Waals surface area contributed by atoms with Crippen molar-refractivity contribution in [3.63, 3.8) is 0 Å². The van der Waals surface area contributed by atoms with Crippen LogP contribution in [0, 0.1) is 5.82 Å². The summed E-state index contributed by atoms with van der Waals surface area (Å²) in [6.45, 7) is 5.22. The number of hydrogen-bond acceptors (Lipinski definition) is 4. The van der Waals surface area contributed by atoms with E-state index >= 15 is 0 Å². The van der Waals surface area contributed by atoms with E-state index in [1.807, 2.05) is 17.0 Å². The molecule has 2 aromatic rings. The Morgan fingerprint density at radius 1 is 1.14 bits per heavy atom. The number of carbonyl (C=O) groups excluding carboxylic acids is 1. The molecular formula is C22H28FN3O2. The molecule has 0 unspecified atom stereocenters. The molecule has 0 radical (unpaired) electrons. The molecule has 0 bridgehead atoms. The topological polar surface area (TPSA) is 58.8 Å². The third-order valence-electron chi connectivity index (χ3n) is 5.07. The molecule has 0 aliphatic carbocycles. The minimum Gasteiger partial charge on any atom is -0.484 e. The fraction of sp³-hybridized carbons (Fsp3) is 0.409. The number of halogens is 1. The Balaban J connectivity index is 1.56. The lowest BCUT2D eigenvalue weighted by Crippen LogP contribution is -2.55. The molecular weight excluding hydrogens is 357 g/mol. The van der Waals surface area contributed by atoms with E-state index in [4.69, 9.17) is 10.5 Å². The largest absolute Gasteiger partial charge is 0.484 e. The summed E-state index contributed by atoms with van der Waals surface area (Å²) in [6, 6.07) is 13.9. The molecule has 3 rings (SSSR count). The van der Waals surface area contributed by atoms with Gasteiger partial charge in [0.25, 0.3) is 5.91 Å². The van der Waals surface area contributed by atoms with Gasteiger partial charge in [0.15, 0.2) is 6.61 Å². The molecule has 6 heteroatoms. The van der Waals surface area contributed by atoms with Crippen LogP contribution in [0.4, 0.5) is 10.1 Å². The Bertz CT molecular complexity index is 764. The summed E-state index contributed by atoms with van der Waals surface area (Å²) in [6.07, 6.45) is 1.96. The van der Waals surface area contributed by atoms with Crippen LogP contribution in [0.3, 0.4) is 0 Å². The van der Waals surface area contributed by atoms with Crippen LogP contribution >= 0.6 is 0 Å². The predicted molar refractivity (Wildman–Crippen MR) is 108 cm³/mol. The number of rotatable bonds is 7. The van der Waals surface area contributed by atoms with E-state index < -0.39 is 0 Å². The quantitative estimate of drug-likeness (QED) is 0.743. The van der Waals surface area contributed by atoms with Crippen molar-refractivity contribution in [2.75, 3.05) is 32.0 Å². The first kappa shape index (κ1) is 20.1. The van der Waals surface area contributed by atoms with Gasteiger partial charge in [-0.2, -0.15) is 0 Å². The number of amides is 1. The molecule has 0 spiro atoms. The smallest absolute Gasteiger partial charge is 0.260 e. The molecule has 0 aromatic heterocycles. The number of anilines is 1. The normalized spacial score (nSPS) is 17.5. The molecule has 1 atom stereocenters. The molecule has 5 nitrogen and oxygen atoms in total. The van der Waals surface area contributed by atoms with Crippen LogP contribution in [-0.4, -0.2) is 48.0 Å². The van der Waals surface area contributed by atoms with Crippen molar-refractivity contribution < 1.29 is 13.9 Å². The van der Waals surface area contributed by atoms with Gasteiger partial charge in [-0.1, -0.05) is 25.5 Å². The van der Waals surface area contributed by atoms with E-state index in [0.717, 1.165) is 38.0 Å². The molecule has 1 amide bonds. The average Bonchev–Trinajstić information content (AvgIpc) is 2.70. The minimum atomic E-state index is -0.218. The Labute approximate surface area is 165 Å². The summed E-state index contributed by atoms with van der Waals surface area (Å²) in [5, 5.41) is 0. The third kappa shape index (κ3) is 5.45. The third-order valence-corrected chi connectivity index (χ3v) is 5.07. The second kappa shape index (κ2) is 9.55. The van der Waals surface area contributed by atoms with Crippen molar-refractivity contribution in [1.29, 1.82) is 0 Å². The van der Waals surface area contributed by atoms with Crippen LogP contribution in [0.15, 0.2) is 48.5 Å². The molecule has 28 heavy (non-hydrogen) atoms. The van der Waals surface area contributed by atoms with Crippen molar-refractivity contribution in [2.45, 2.75) is 32.4 Å². The standard InChI is InChI=1S/C22H28FN3O2/c1-2-3-20-15-25(14-17-4-6-18(23)7-5-17)12-13-26(20)22(27)16-28-21-10-8-19(24)9-11-21/h4-11,20H,2-3,12-16,24H2,1H3/t20-/m1/s1. The number of carbonyl (C=O) groups is 1. The van der Waals surface area contributed by atoms with Crippen molar-refractivity contribution in [1.82, 2.24) is 9.80 Å². The van der Waals surface area contributed by atoms with Gasteiger partial charge in [0, 0.05) is 37.9 Å². The Morgan fingerprint density at radius 3 is 2.54 bits per heavy atom. The lowest BCUT2D eigenvalue weighted by atomic mass is 10.1. The zero-order valence-corrected chi connectivity index (χ0v) is 16.3. The molecule has 1 fully saturated rings. The zero-order chi connectivity index (χ0) is 19.9. The summed E-state index contributed by atoms with van der Waals surface area (Å²) >= 11 is 0. The first-order valence-corrected chi connectivity index (χ1v) is 9.79. The van der Waals surface area contributed by atoms with Crippen LogP contribution < -0.4 is 10.5 Å². The maximum absolute atomic E-state index is 13.1. The monoisotopic (exact) mass is 385 g/mol. The molecule has 150 valence electrons. The Morgan fingerprint density at radius 2 is 1.86 bits per heavy atom. The van der Waals surface area contributed by atoms with E-state index in [9.17, 15) is 9.18 Å². The van der Waals surface area contributed by atoms with Gasteiger partial charge in [-0.15, -0.1) is 0 Å². The first-order valence-electron chi connectivity index (χ1n) is 9.79. The summed E-state index contributed by atoms with van der Waals surface area (Å²) in [5.41, 5.74) is 7.42. The maximum Gasteiger partial charge on any atom is 0.260 e. The molecule has 2 aromatic carbocycles. The van der Waals surface area contributed by atoms with Crippen molar-refractivity contribution in [3.8, 4) is 5.75 Å². The highest BCUT2D eigenvalue weighted by molar-refractivity contribution is 5.78. The van der Waals surface area contributed by atoms with Crippen molar-refractivity contribution in [2.24, 2.45) is 0 Å². The zero-order valence-electron chi connectivity index (χ0n) is 16.3. The fourth-order valence-corrected chi connectivity index (χ4v) is 3.61. The molecule has 1 saturated heterocycles. The molecule has 1 aliphatic heterocycles. The van der Waals surface area contributed by atoms with Gasteiger partial charge in [0.2, 0.25) is 0 Å². The number of nitrogens with two attached hydrogens (primary N) is 1. The van der Waals surface area contributed by atoms with E-state index in [-0.39, 0.29) is 24.4 Å². The van der Waals surface area contributed by atoms with Crippen molar-refractivity contribution in [3.05, 3.63) is 59.9 Å². The van der Waals surface area contributed by atoms with Crippen LogP contribution in [0.5, 0.6) is 5.75 Å². The highest BCUT2D eigenvalue weighted by atomic mass is 19.1. The number of nitrogens with zero attached hydrogens (tertiary/aromatic N) is 2. The van der Waals surface area contributed by atoms with Gasteiger partial charge >= 0.3 is 0 Å². The number of ether oxygens (including phenoxy) is 1. The number of benzene rings is 2. The van der Waals surface area contributed by atoms with E-state index in [0.29, 0.717) is 18.0 Å². The van der Waals surface area contributed by atoms with Gasteiger partial charge in [0.05, 0.1) is 0 Å². The number of piperazine rings is 1. The lowest BCUT2D eigenvalue weighted by molar-refractivity contribution is -0.138. The van der Waals surface area contributed by atoms with Crippen LogP contribution in [0.1, 0.15) is 25.3 Å². The Hall–Kier alpha value is -2.60. The van der Waals surface area contributed by atoms with Gasteiger partial charge in [-0.25, -0.2) is 4.39 Å². The SMILES string of the molecule is CCC[C@@H]1CN(Cc2ccc(F)cc2)CCN1C(=O)COc1ccc(N)cc1. The minimum absolute atomic E-state index is 0.0108. The molecule has 1 heterocycles. The molecule has 2 N–H and O–H groups in total. The fourth-order valence-electron chi connectivity index (χ4n) is 3.61. The van der Waals surface area contributed by atoms with E-state index in [2.05, 4.69) is 11.8 Å². The second-order valence-electron chi connectivity index (χ2n) is 7.25. The van der Waals surface area contributed by atoms with Crippen LogP contribution in [0.2, 0.25) is 0 Å². The van der Waals surface area contributed by atoms with Crippen LogP contribution in [0.25, 0.3) is 0 Å². The van der Waals surface area contributed by atoms with Crippen molar-refractivity contribution >= 4 is 11.6 Å². The predicted octanol–water partition coefficient (Wildman–Crippen LogP) is 3.30. The summed E-state index contributed by atoms with van der Waals surface area (Å²) in [5.74, 6) is 0.436. The first-order chi connectivity index (χ1) is 13.5. The van der Waals surface area contributed by atoms with Gasteiger partial charge < -0.3 is 15.4 Å². The summed E-state index contributed by atoms with van der Waals surface area (Å²) in [4.78, 5) is 17.0. The summed E-state index contributed by atoms with van der Waals surface area (Å²) in [7, 11) is 0. The second-order valence-corrected chi connectivity index (χ2v) is 7.25. The van der Waals surface area contributed by atoms with Crippen LogP contribution in [-0.2, 0) is 11.3 Å². The van der Waals surface area contributed by atoms with Gasteiger partial charge in [0.1, 0.15) is 11.6 Å². The number of nitrogen functional groups attached to an aromatic ring is 1. The van der Waals surface area contributed by atoms with Gasteiger partial charge in [-0.05, 0) is 48.4 Å². The van der Waals surface area contributed by atoms with E-state index in [1.165, 1.54) is 12.1 Å². The van der Waals surface area contributed by atoms with E-state index in [1.54, 1.807) is 24.3 Å². The molecule has 1 aliphatic rings. The highest BCUT2D eigenvalue weighted by Crippen LogP contribution is 2.19. The average molecular weight is 385 g/mol. The lowest BCUT2D eigenvalue weighted by Gasteiger charge is -2.41. The maximum atomic E-state index is 13.1. The number of hydrogen-bond donors (Lipinski definition) is 1. The molecule has 0 saturated carbocycles. The Kier molecular flexibility index (Phi) is 6.87. The van der Waals surface area contributed by atoms with Gasteiger partial charge in [-0.3, -0.25) is 9.69 Å². The highest BCUT2D eigenvalue weighted by Gasteiger charge is 2.30. The summed E-state index contributed by atoms with van der Waals surface area (Å²) < 4.78 is 18.7.